The van der Waals surface area contributed by atoms with Gasteiger partial charge in [0, 0.05) is 31.8 Å². The highest BCUT2D eigenvalue weighted by atomic mass is 32.2. The Morgan fingerprint density at radius 1 is 1.16 bits per heavy atom. The topological polar surface area (TPSA) is 75.7 Å². The first-order chi connectivity index (χ1) is 11.6. The quantitative estimate of drug-likeness (QED) is 0.856. The van der Waals surface area contributed by atoms with Crippen LogP contribution in [0.2, 0.25) is 0 Å². The molecule has 0 bridgehead atoms. The molecule has 1 N–H and O–H groups in total. The molecule has 2 rings (SSSR count). The first kappa shape index (κ1) is 18.8. The van der Waals surface area contributed by atoms with Crippen molar-refractivity contribution in [3.8, 4) is 11.5 Å². The minimum absolute atomic E-state index is 0.0947. The molecule has 2 aromatic carbocycles. The molecule has 0 fully saturated rings. The van der Waals surface area contributed by atoms with E-state index >= 15 is 0 Å². The molecule has 0 saturated carbocycles. The number of benzene rings is 2. The molecular weight excluding hydrogens is 340 g/mol. The number of carbonyl (C=O) groups is 1. The maximum atomic E-state index is 11.5. The van der Waals surface area contributed by atoms with E-state index in [2.05, 4.69) is 4.72 Å². The van der Waals surface area contributed by atoms with Crippen molar-refractivity contribution in [1.82, 2.24) is 4.90 Å². The van der Waals surface area contributed by atoms with Crippen LogP contribution in [0, 0.1) is 6.92 Å². The minimum atomic E-state index is -3.39. The second-order valence-electron chi connectivity index (χ2n) is 5.99. The average Bonchev–Trinajstić information content (AvgIpc) is 2.50. The van der Waals surface area contributed by atoms with Crippen LogP contribution in [0.5, 0.6) is 11.5 Å². The van der Waals surface area contributed by atoms with Crippen LogP contribution in [0.3, 0.4) is 0 Å². The molecule has 0 aliphatic carbocycles. The summed E-state index contributed by atoms with van der Waals surface area (Å²) in [5.41, 5.74) is 2.24. The number of anilines is 1. The van der Waals surface area contributed by atoms with Crippen molar-refractivity contribution in [2.45, 2.75) is 20.4 Å². The Balaban J connectivity index is 2.35. The largest absolute Gasteiger partial charge is 0.457 e. The van der Waals surface area contributed by atoms with Gasteiger partial charge >= 0.3 is 0 Å². The van der Waals surface area contributed by atoms with E-state index in [1.54, 1.807) is 25.2 Å². The van der Waals surface area contributed by atoms with Crippen LogP contribution in [0.4, 0.5) is 5.69 Å². The Hall–Kier alpha value is -2.54. The van der Waals surface area contributed by atoms with E-state index in [1.807, 2.05) is 31.2 Å². The van der Waals surface area contributed by atoms with E-state index in [-0.39, 0.29) is 5.91 Å². The lowest BCUT2D eigenvalue weighted by atomic mass is 10.1. The second kappa shape index (κ2) is 7.57. The Bertz CT molecular complexity index is 861. The highest BCUT2D eigenvalue weighted by Gasteiger charge is 2.12. The number of rotatable bonds is 6. The third-order valence-corrected chi connectivity index (χ3v) is 4.16. The van der Waals surface area contributed by atoms with Crippen LogP contribution in [-0.4, -0.2) is 32.5 Å². The van der Waals surface area contributed by atoms with Gasteiger partial charge in [-0.15, -0.1) is 0 Å². The third kappa shape index (κ3) is 5.79. The Morgan fingerprint density at radius 2 is 1.80 bits per heavy atom. The van der Waals surface area contributed by atoms with Gasteiger partial charge in [0.1, 0.15) is 11.5 Å². The minimum Gasteiger partial charge on any atom is -0.457 e. The zero-order chi connectivity index (χ0) is 18.6. The fourth-order valence-electron chi connectivity index (χ4n) is 2.18. The van der Waals surface area contributed by atoms with Gasteiger partial charge in [0.25, 0.3) is 0 Å². The van der Waals surface area contributed by atoms with E-state index in [0.29, 0.717) is 29.3 Å². The summed E-state index contributed by atoms with van der Waals surface area (Å²) < 4.78 is 31.2. The number of carbonyl (C=O) groups excluding carboxylic acids is 1. The predicted molar refractivity (Wildman–Crippen MR) is 98.3 cm³/mol. The predicted octanol–water partition coefficient (Wildman–Crippen LogP) is 3.14. The second-order valence-corrected chi connectivity index (χ2v) is 7.74. The van der Waals surface area contributed by atoms with Crippen molar-refractivity contribution in [1.29, 1.82) is 0 Å². The van der Waals surface area contributed by atoms with Gasteiger partial charge in [-0.2, -0.15) is 0 Å². The van der Waals surface area contributed by atoms with Crippen molar-refractivity contribution in [2.75, 3.05) is 18.0 Å². The van der Waals surface area contributed by atoms with Crippen LogP contribution >= 0.6 is 0 Å². The molecule has 2 aromatic rings. The molecule has 0 atom stereocenters. The maximum absolute atomic E-state index is 11.5. The summed E-state index contributed by atoms with van der Waals surface area (Å²) in [6, 6.07) is 12.6. The van der Waals surface area contributed by atoms with Gasteiger partial charge < -0.3 is 9.64 Å². The lowest BCUT2D eigenvalue weighted by Gasteiger charge is -2.19. The summed E-state index contributed by atoms with van der Waals surface area (Å²) in [5.74, 6) is 1.14. The van der Waals surface area contributed by atoms with Crippen LogP contribution in [-0.2, 0) is 21.4 Å². The van der Waals surface area contributed by atoms with Gasteiger partial charge in [-0.3, -0.25) is 9.52 Å². The number of nitrogens with one attached hydrogen (secondary N) is 1. The number of ether oxygens (including phenoxy) is 1. The van der Waals surface area contributed by atoms with Gasteiger partial charge in [0.15, 0.2) is 0 Å². The Labute approximate surface area is 148 Å². The van der Waals surface area contributed by atoms with Crippen molar-refractivity contribution >= 4 is 21.6 Å². The molecule has 1 amide bonds. The summed E-state index contributed by atoms with van der Waals surface area (Å²) in [6.45, 7) is 3.76. The van der Waals surface area contributed by atoms with E-state index in [9.17, 15) is 13.2 Å². The fourth-order valence-corrected chi connectivity index (χ4v) is 2.74. The van der Waals surface area contributed by atoms with Crippen LogP contribution in [0.1, 0.15) is 18.1 Å². The number of hydrogen-bond acceptors (Lipinski definition) is 4. The van der Waals surface area contributed by atoms with Crippen LogP contribution < -0.4 is 9.46 Å². The Morgan fingerprint density at radius 3 is 2.36 bits per heavy atom. The number of sulfonamides is 1. The zero-order valence-electron chi connectivity index (χ0n) is 14.7. The SMILES string of the molecule is CC(=O)N(C)Cc1cc(NS(C)(=O)=O)ccc1Oc1ccc(C)cc1. The zero-order valence-corrected chi connectivity index (χ0v) is 15.6. The first-order valence-electron chi connectivity index (χ1n) is 7.71. The summed E-state index contributed by atoms with van der Waals surface area (Å²) in [5, 5.41) is 0. The standard InChI is InChI=1S/C18H22N2O4S/c1-13-5-8-17(9-6-13)24-18-10-7-16(19-25(4,22)23)11-15(18)12-20(3)14(2)21/h5-11,19H,12H2,1-4H3. The molecule has 0 radical (unpaired) electrons. The van der Waals surface area contributed by atoms with Crippen molar-refractivity contribution in [3.63, 3.8) is 0 Å². The maximum Gasteiger partial charge on any atom is 0.229 e. The molecule has 6 nitrogen and oxygen atoms in total. The molecule has 7 heteroatoms. The molecule has 0 heterocycles. The van der Waals surface area contributed by atoms with Gasteiger partial charge in [0.2, 0.25) is 15.9 Å². The highest BCUT2D eigenvalue weighted by molar-refractivity contribution is 7.92. The summed E-state index contributed by atoms with van der Waals surface area (Å²) in [4.78, 5) is 13.1. The molecule has 25 heavy (non-hydrogen) atoms. The van der Waals surface area contributed by atoms with Crippen molar-refractivity contribution in [2.24, 2.45) is 0 Å². The number of aryl methyl sites for hydroxylation is 1. The molecule has 0 saturated heterocycles. The third-order valence-electron chi connectivity index (χ3n) is 3.56. The highest BCUT2D eigenvalue weighted by Crippen LogP contribution is 2.29. The van der Waals surface area contributed by atoms with E-state index < -0.39 is 10.0 Å². The normalized spacial score (nSPS) is 11.0. The lowest BCUT2D eigenvalue weighted by Crippen LogP contribution is -2.23. The fraction of sp³-hybridized carbons (Fsp3) is 0.278. The van der Waals surface area contributed by atoms with Crippen LogP contribution in [0.15, 0.2) is 42.5 Å². The molecule has 0 aliphatic rings. The summed E-state index contributed by atoms with van der Waals surface area (Å²) in [7, 11) is -1.71. The van der Waals surface area contributed by atoms with Gasteiger partial charge in [-0.05, 0) is 37.3 Å². The molecule has 134 valence electrons. The number of hydrogen-bond donors (Lipinski definition) is 1. The summed E-state index contributed by atoms with van der Waals surface area (Å²) in [6.07, 6.45) is 1.09. The van der Waals surface area contributed by atoms with Crippen molar-refractivity contribution in [3.05, 3.63) is 53.6 Å². The van der Waals surface area contributed by atoms with Crippen LogP contribution in [0.25, 0.3) is 0 Å². The first-order valence-corrected chi connectivity index (χ1v) is 9.60. The molecule has 0 aliphatic heterocycles. The van der Waals surface area contributed by atoms with Crippen molar-refractivity contribution < 1.29 is 17.9 Å². The lowest BCUT2D eigenvalue weighted by molar-refractivity contribution is -0.128. The molecule has 0 unspecified atom stereocenters. The monoisotopic (exact) mass is 362 g/mol. The van der Waals surface area contributed by atoms with Gasteiger partial charge in [-0.1, -0.05) is 17.7 Å². The molecule has 0 aromatic heterocycles. The van der Waals surface area contributed by atoms with Gasteiger partial charge in [-0.25, -0.2) is 8.42 Å². The van der Waals surface area contributed by atoms with E-state index in [4.69, 9.17) is 4.74 Å². The molecule has 0 spiro atoms. The average molecular weight is 362 g/mol. The summed E-state index contributed by atoms with van der Waals surface area (Å²) >= 11 is 0. The number of amides is 1. The van der Waals surface area contributed by atoms with E-state index in [0.717, 1.165) is 11.8 Å². The smallest absolute Gasteiger partial charge is 0.229 e. The van der Waals surface area contributed by atoms with E-state index in [1.165, 1.54) is 11.8 Å². The Kier molecular flexibility index (Phi) is 5.69. The number of nitrogens with zero attached hydrogens (tertiary/aromatic N) is 1. The molecular formula is C18H22N2O4S. The van der Waals surface area contributed by atoms with Gasteiger partial charge in [0.05, 0.1) is 6.26 Å².